The molecule has 2 aromatic rings. The molecule has 0 bridgehead atoms. The second-order valence-corrected chi connectivity index (χ2v) is 4.46. The summed E-state index contributed by atoms with van der Waals surface area (Å²) in [4.78, 5) is 12.1. The molecular formula is C16H18N2O2. The normalized spacial score (nSPS) is 10.1. The zero-order valence-electron chi connectivity index (χ0n) is 11.4. The van der Waals surface area contributed by atoms with Gasteiger partial charge in [0.1, 0.15) is 12.4 Å². The molecule has 0 saturated heterocycles. The van der Waals surface area contributed by atoms with Crippen molar-refractivity contribution in [1.82, 2.24) is 5.32 Å². The summed E-state index contributed by atoms with van der Waals surface area (Å²) in [6.45, 7) is 2.72. The summed E-state index contributed by atoms with van der Waals surface area (Å²) in [5, 5.41) is 2.81. The Bertz CT molecular complexity index is 562. The van der Waals surface area contributed by atoms with Crippen LogP contribution in [0.5, 0.6) is 5.75 Å². The van der Waals surface area contributed by atoms with Gasteiger partial charge in [0.25, 0.3) is 5.91 Å². The van der Waals surface area contributed by atoms with Gasteiger partial charge in [-0.15, -0.1) is 0 Å². The van der Waals surface area contributed by atoms with Crippen LogP contribution in [0.2, 0.25) is 0 Å². The van der Waals surface area contributed by atoms with Gasteiger partial charge in [-0.3, -0.25) is 4.79 Å². The van der Waals surface area contributed by atoms with Gasteiger partial charge in [0.15, 0.2) is 0 Å². The van der Waals surface area contributed by atoms with E-state index in [4.69, 9.17) is 10.5 Å². The van der Waals surface area contributed by atoms with Gasteiger partial charge in [0.05, 0.1) is 12.1 Å². The number of amides is 1. The number of anilines is 1. The molecule has 0 radical (unpaired) electrons. The second kappa shape index (κ2) is 6.61. The van der Waals surface area contributed by atoms with Gasteiger partial charge in [-0.1, -0.05) is 30.3 Å². The van der Waals surface area contributed by atoms with Crippen LogP contribution in [0.25, 0.3) is 0 Å². The van der Waals surface area contributed by atoms with E-state index in [1.807, 2.05) is 49.4 Å². The molecule has 0 spiro atoms. The number of ether oxygens (including phenoxy) is 1. The Hall–Kier alpha value is -2.49. The molecule has 0 unspecified atom stereocenters. The third-order valence-corrected chi connectivity index (χ3v) is 2.93. The second-order valence-electron chi connectivity index (χ2n) is 4.46. The van der Waals surface area contributed by atoms with Crippen molar-refractivity contribution in [3.63, 3.8) is 0 Å². The van der Waals surface area contributed by atoms with Gasteiger partial charge < -0.3 is 15.8 Å². The van der Waals surface area contributed by atoms with Crippen LogP contribution in [-0.2, 0) is 0 Å². The monoisotopic (exact) mass is 270 g/mol. The molecule has 0 aliphatic heterocycles. The van der Waals surface area contributed by atoms with E-state index < -0.39 is 0 Å². The molecule has 0 fully saturated rings. The fourth-order valence-electron chi connectivity index (χ4n) is 1.94. The van der Waals surface area contributed by atoms with Crippen molar-refractivity contribution in [1.29, 1.82) is 0 Å². The maximum absolute atomic E-state index is 12.1. The Balaban J connectivity index is 1.84. The molecule has 4 heteroatoms. The summed E-state index contributed by atoms with van der Waals surface area (Å²) in [5.74, 6) is 0.620. The highest BCUT2D eigenvalue weighted by Gasteiger charge is 2.11. The molecule has 0 heterocycles. The summed E-state index contributed by atoms with van der Waals surface area (Å²) in [5.41, 5.74) is 7.72. The lowest BCUT2D eigenvalue weighted by atomic mass is 10.1. The van der Waals surface area contributed by atoms with Gasteiger partial charge in [0, 0.05) is 5.69 Å². The maximum Gasteiger partial charge on any atom is 0.253 e. The van der Waals surface area contributed by atoms with Gasteiger partial charge in [-0.05, 0) is 30.7 Å². The van der Waals surface area contributed by atoms with Crippen LogP contribution in [0.3, 0.4) is 0 Å². The predicted octanol–water partition coefficient (Wildman–Crippen LogP) is 2.39. The van der Waals surface area contributed by atoms with E-state index in [-0.39, 0.29) is 5.91 Å². The van der Waals surface area contributed by atoms with E-state index in [9.17, 15) is 4.79 Å². The van der Waals surface area contributed by atoms with Crippen molar-refractivity contribution in [2.75, 3.05) is 18.9 Å². The number of carbonyl (C=O) groups is 1. The van der Waals surface area contributed by atoms with E-state index >= 15 is 0 Å². The van der Waals surface area contributed by atoms with E-state index in [0.29, 0.717) is 24.4 Å². The minimum Gasteiger partial charge on any atom is -0.492 e. The fourth-order valence-corrected chi connectivity index (χ4v) is 1.94. The number of nitrogens with two attached hydrogens (primary N) is 1. The van der Waals surface area contributed by atoms with Crippen LogP contribution < -0.4 is 15.8 Å². The van der Waals surface area contributed by atoms with Gasteiger partial charge in [0.2, 0.25) is 0 Å². The van der Waals surface area contributed by atoms with Crippen molar-refractivity contribution in [3.05, 3.63) is 59.7 Å². The summed E-state index contributed by atoms with van der Waals surface area (Å²) < 4.78 is 5.51. The topological polar surface area (TPSA) is 64.4 Å². The van der Waals surface area contributed by atoms with Crippen molar-refractivity contribution >= 4 is 11.6 Å². The quantitative estimate of drug-likeness (QED) is 0.647. The Morgan fingerprint density at radius 2 is 1.90 bits per heavy atom. The highest BCUT2D eigenvalue weighted by atomic mass is 16.5. The number of carbonyl (C=O) groups excluding carboxylic acids is 1. The lowest BCUT2D eigenvalue weighted by Gasteiger charge is -2.10. The van der Waals surface area contributed by atoms with Crippen molar-refractivity contribution in [3.8, 4) is 5.75 Å². The molecule has 104 valence electrons. The standard InChI is InChI=1S/C16H18N2O2/c1-12-6-5-9-14(17)15(12)16(19)18-10-11-20-13-7-3-2-4-8-13/h2-9H,10-11,17H2,1H3,(H,18,19). The number of rotatable bonds is 5. The zero-order chi connectivity index (χ0) is 14.4. The smallest absolute Gasteiger partial charge is 0.253 e. The minimum atomic E-state index is -0.169. The number of hydrogen-bond donors (Lipinski definition) is 2. The predicted molar refractivity (Wildman–Crippen MR) is 79.9 cm³/mol. The molecule has 0 aromatic heterocycles. The molecule has 0 aliphatic rings. The van der Waals surface area contributed by atoms with E-state index in [0.717, 1.165) is 11.3 Å². The van der Waals surface area contributed by atoms with Gasteiger partial charge in [-0.2, -0.15) is 0 Å². The van der Waals surface area contributed by atoms with Crippen LogP contribution in [0, 0.1) is 6.92 Å². The molecule has 2 rings (SSSR count). The number of nitrogens with one attached hydrogen (secondary N) is 1. The molecule has 2 aromatic carbocycles. The van der Waals surface area contributed by atoms with Gasteiger partial charge >= 0.3 is 0 Å². The number of hydrogen-bond acceptors (Lipinski definition) is 3. The Labute approximate surface area is 118 Å². The molecule has 0 atom stereocenters. The van der Waals surface area contributed by atoms with Crippen molar-refractivity contribution < 1.29 is 9.53 Å². The summed E-state index contributed by atoms with van der Waals surface area (Å²) in [7, 11) is 0. The molecule has 0 aliphatic carbocycles. The SMILES string of the molecule is Cc1cccc(N)c1C(=O)NCCOc1ccccc1. The van der Waals surface area contributed by atoms with Crippen LogP contribution >= 0.6 is 0 Å². The van der Waals surface area contributed by atoms with Gasteiger partial charge in [-0.25, -0.2) is 0 Å². The number of nitrogen functional groups attached to an aromatic ring is 1. The highest BCUT2D eigenvalue weighted by molar-refractivity contribution is 6.00. The van der Waals surface area contributed by atoms with Crippen LogP contribution in [0.1, 0.15) is 15.9 Å². The largest absolute Gasteiger partial charge is 0.492 e. The average molecular weight is 270 g/mol. The van der Waals surface area contributed by atoms with Crippen LogP contribution in [0.15, 0.2) is 48.5 Å². The lowest BCUT2D eigenvalue weighted by Crippen LogP contribution is -2.29. The zero-order valence-corrected chi connectivity index (χ0v) is 11.4. The first kappa shape index (κ1) is 13.9. The highest BCUT2D eigenvalue weighted by Crippen LogP contribution is 2.15. The van der Waals surface area contributed by atoms with E-state index in [1.165, 1.54) is 0 Å². The number of benzene rings is 2. The van der Waals surface area contributed by atoms with Crippen molar-refractivity contribution in [2.24, 2.45) is 0 Å². The lowest BCUT2D eigenvalue weighted by molar-refractivity contribution is 0.0947. The molecular weight excluding hydrogens is 252 g/mol. The first-order valence-electron chi connectivity index (χ1n) is 6.49. The third-order valence-electron chi connectivity index (χ3n) is 2.93. The number of para-hydroxylation sites is 1. The summed E-state index contributed by atoms with van der Waals surface area (Å²) >= 11 is 0. The molecule has 3 N–H and O–H groups in total. The summed E-state index contributed by atoms with van der Waals surface area (Å²) in [6, 6.07) is 14.9. The summed E-state index contributed by atoms with van der Waals surface area (Å²) in [6.07, 6.45) is 0. The fraction of sp³-hybridized carbons (Fsp3) is 0.188. The Kier molecular flexibility index (Phi) is 4.60. The van der Waals surface area contributed by atoms with E-state index in [1.54, 1.807) is 6.07 Å². The third kappa shape index (κ3) is 3.51. The molecule has 1 amide bonds. The molecule has 20 heavy (non-hydrogen) atoms. The van der Waals surface area contributed by atoms with Crippen molar-refractivity contribution in [2.45, 2.75) is 6.92 Å². The van der Waals surface area contributed by atoms with Crippen LogP contribution in [0.4, 0.5) is 5.69 Å². The molecule has 0 saturated carbocycles. The van der Waals surface area contributed by atoms with Crippen LogP contribution in [-0.4, -0.2) is 19.1 Å². The maximum atomic E-state index is 12.1. The first-order chi connectivity index (χ1) is 9.68. The Morgan fingerprint density at radius 1 is 1.15 bits per heavy atom. The first-order valence-corrected chi connectivity index (χ1v) is 6.49. The Morgan fingerprint density at radius 3 is 2.60 bits per heavy atom. The van der Waals surface area contributed by atoms with E-state index in [2.05, 4.69) is 5.32 Å². The number of aryl methyl sites for hydroxylation is 1. The minimum absolute atomic E-state index is 0.169. The molecule has 4 nitrogen and oxygen atoms in total. The average Bonchev–Trinajstić information content (AvgIpc) is 2.44.